The Morgan fingerprint density at radius 2 is 2.17 bits per heavy atom. The maximum atomic E-state index is 12.6. The van der Waals surface area contributed by atoms with Crippen LogP contribution in [0.4, 0.5) is 5.82 Å². The monoisotopic (exact) mass is 425 g/mol. The van der Waals surface area contributed by atoms with Crippen LogP contribution in [0.5, 0.6) is 0 Å². The molecular weight excluding hydrogens is 398 g/mol. The van der Waals surface area contributed by atoms with E-state index in [1.54, 1.807) is 24.4 Å². The molecule has 1 aromatic rings. The van der Waals surface area contributed by atoms with Gasteiger partial charge in [-0.1, -0.05) is 6.07 Å². The Morgan fingerprint density at radius 3 is 2.93 bits per heavy atom. The SMILES string of the molecule is N=C(N)/C1=C\C=C(\N=CC=CN)C2CC(CCCNc3cccc(n3)SNC1=O)C2. The number of nitrogens with two attached hydrogens (primary N) is 2. The van der Waals surface area contributed by atoms with E-state index in [9.17, 15) is 4.79 Å². The molecule has 1 aliphatic carbocycles. The summed E-state index contributed by atoms with van der Waals surface area (Å²) in [5.41, 5.74) is 12.0. The molecule has 1 amide bonds. The van der Waals surface area contributed by atoms with Crippen LogP contribution >= 0.6 is 11.9 Å². The molecule has 0 spiro atoms. The number of rotatable bonds is 3. The molecule has 1 aromatic heterocycles. The van der Waals surface area contributed by atoms with Gasteiger partial charge in [0.25, 0.3) is 5.91 Å². The van der Waals surface area contributed by atoms with Crippen LogP contribution in [0.25, 0.3) is 0 Å². The van der Waals surface area contributed by atoms with Gasteiger partial charge < -0.3 is 16.8 Å². The number of hydrogen-bond donors (Lipinski definition) is 5. The van der Waals surface area contributed by atoms with E-state index in [2.05, 4.69) is 20.0 Å². The van der Waals surface area contributed by atoms with E-state index in [1.807, 2.05) is 18.2 Å². The Balaban J connectivity index is 1.87. The average molecular weight is 426 g/mol. The van der Waals surface area contributed by atoms with Crippen molar-refractivity contribution in [1.82, 2.24) is 9.71 Å². The number of allylic oxidation sites excluding steroid dienone is 4. The Hall–Kier alpha value is -3.07. The lowest BCUT2D eigenvalue weighted by Crippen LogP contribution is -2.27. The van der Waals surface area contributed by atoms with Crippen molar-refractivity contribution in [3.63, 3.8) is 0 Å². The number of pyridine rings is 1. The third-order valence-corrected chi connectivity index (χ3v) is 5.82. The summed E-state index contributed by atoms with van der Waals surface area (Å²) in [5, 5.41) is 11.8. The van der Waals surface area contributed by atoms with E-state index in [-0.39, 0.29) is 11.4 Å². The first kappa shape index (κ1) is 21.6. The maximum absolute atomic E-state index is 12.6. The molecule has 1 fully saturated rings. The predicted molar refractivity (Wildman–Crippen MR) is 122 cm³/mol. The topological polar surface area (TPSA) is 142 Å². The number of amides is 1. The molecule has 30 heavy (non-hydrogen) atoms. The second-order valence-corrected chi connectivity index (χ2v) is 8.07. The van der Waals surface area contributed by atoms with Gasteiger partial charge in [0.1, 0.15) is 16.7 Å². The fourth-order valence-electron chi connectivity index (χ4n) is 3.46. The van der Waals surface area contributed by atoms with Crippen LogP contribution in [-0.4, -0.2) is 29.5 Å². The summed E-state index contributed by atoms with van der Waals surface area (Å²) >= 11 is 1.09. The maximum Gasteiger partial charge on any atom is 0.265 e. The van der Waals surface area contributed by atoms with E-state index < -0.39 is 5.91 Å². The lowest BCUT2D eigenvalue weighted by atomic mass is 9.71. The number of hydrogen-bond acceptors (Lipinski definition) is 7. The van der Waals surface area contributed by atoms with Gasteiger partial charge in [-0.3, -0.25) is 19.9 Å². The minimum atomic E-state index is -0.454. The Morgan fingerprint density at radius 1 is 1.33 bits per heavy atom. The standard InChI is InChI=1S/C21H27N7OS/c22-9-3-11-25-17-8-7-16(20(23)24)21(29)28-30-19-6-1-5-18(27-19)26-10-2-4-14-12-15(17)13-14/h1,3,5-9,11,14-15H,2,4,10,12-13,22H2,(H3,23,24)(H,26,27)(H,28,29)/b9-3?,16-7+,17-8+,25-11?. The summed E-state index contributed by atoms with van der Waals surface area (Å²) in [4.78, 5) is 21.6. The van der Waals surface area contributed by atoms with Crippen molar-refractivity contribution in [3.8, 4) is 0 Å². The summed E-state index contributed by atoms with van der Waals surface area (Å²) in [5.74, 6) is 0.996. The zero-order chi connectivity index (χ0) is 21.3. The summed E-state index contributed by atoms with van der Waals surface area (Å²) < 4.78 is 2.71. The van der Waals surface area contributed by atoms with Gasteiger partial charge >= 0.3 is 0 Å². The zero-order valence-electron chi connectivity index (χ0n) is 16.7. The molecule has 158 valence electrons. The third-order valence-electron chi connectivity index (χ3n) is 5.10. The molecule has 3 heterocycles. The summed E-state index contributed by atoms with van der Waals surface area (Å²) in [6.45, 7) is 0.854. The van der Waals surface area contributed by atoms with Gasteiger partial charge in [0.15, 0.2) is 0 Å². The van der Waals surface area contributed by atoms with E-state index in [1.165, 1.54) is 6.20 Å². The van der Waals surface area contributed by atoms with Gasteiger partial charge in [-0.05, 0) is 68.2 Å². The lowest BCUT2D eigenvalue weighted by Gasteiger charge is -2.35. The number of amidine groups is 1. The van der Waals surface area contributed by atoms with Crippen LogP contribution in [0.3, 0.4) is 0 Å². The first-order chi connectivity index (χ1) is 14.6. The van der Waals surface area contributed by atoms with Crippen LogP contribution in [0.1, 0.15) is 25.7 Å². The number of fused-ring (bicyclic) bond motifs is 7. The van der Waals surface area contributed by atoms with Gasteiger partial charge in [0, 0.05) is 36.3 Å². The number of carbonyl (C=O) groups excluding carboxylic acids is 1. The van der Waals surface area contributed by atoms with Crippen molar-refractivity contribution < 1.29 is 4.79 Å². The van der Waals surface area contributed by atoms with Crippen LogP contribution in [0.15, 0.2) is 63.9 Å². The van der Waals surface area contributed by atoms with E-state index in [4.69, 9.17) is 16.9 Å². The van der Waals surface area contributed by atoms with Crippen molar-refractivity contribution in [1.29, 1.82) is 5.41 Å². The second kappa shape index (κ2) is 10.6. The van der Waals surface area contributed by atoms with Gasteiger partial charge in [-0.25, -0.2) is 4.98 Å². The smallest absolute Gasteiger partial charge is 0.265 e. The normalized spacial score (nSPS) is 26.5. The fraction of sp³-hybridized carbons (Fsp3) is 0.333. The van der Waals surface area contributed by atoms with Crippen LogP contribution < -0.4 is 21.5 Å². The molecule has 0 aromatic carbocycles. The highest BCUT2D eigenvalue weighted by Gasteiger charge is 2.31. The minimum Gasteiger partial charge on any atom is -0.405 e. The lowest BCUT2D eigenvalue weighted by molar-refractivity contribution is -0.115. The molecular formula is C21H27N7OS. The number of anilines is 1. The van der Waals surface area contributed by atoms with Crippen molar-refractivity contribution in [3.05, 3.63) is 53.9 Å². The average Bonchev–Trinajstić information content (AvgIpc) is 2.70. The molecule has 3 aliphatic rings. The molecule has 9 heteroatoms. The molecule has 4 bridgehead atoms. The van der Waals surface area contributed by atoms with Crippen LogP contribution in [0, 0.1) is 17.2 Å². The highest BCUT2D eigenvalue weighted by molar-refractivity contribution is 7.97. The molecule has 7 N–H and O–H groups in total. The molecule has 0 atom stereocenters. The predicted octanol–water partition coefficient (Wildman–Crippen LogP) is 2.73. The van der Waals surface area contributed by atoms with E-state index >= 15 is 0 Å². The quantitative estimate of drug-likeness (QED) is 0.286. The number of nitrogens with one attached hydrogen (secondary N) is 3. The molecule has 0 unspecified atom stereocenters. The Labute approximate surface area is 180 Å². The van der Waals surface area contributed by atoms with Crippen molar-refractivity contribution in [2.75, 3.05) is 11.9 Å². The largest absolute Gasteiger partial charge is 0.405 e. The third kappa shape index (κ3) is 5.96. The Bertz CT molecular complexity index is 900. The first-order valence-electron chi connectivity index (χ1n) is 9.92. The summed E-state index contributed by atoms with van der Waals surface area (Å²) in [6.07, 6.45) is 12.4. The highest BCUT2D eigenvalue weighted by atomic mass is 32.2. The van der Waals surface area contributed by atoms with E-state index in [0.717, 1.165) is 55.7 Å². The van der Waals surface area contributed by atoms with Gasteiger partial charge in [0.2, 0.25) is 0 Å². The highest BCUT2D eigenvalue weighted by Crippen LogP contribution is 2.41. The molecule has 2 aliphatic heterocycles. The number of carbonyl (C=O) groups is 1. The summed E-state index contributed by atoms with van der Waals surface area (Å²) in [7, 11) is 0. The van der Waals surface area contributed by atoms with Gasteiger partial charge in [0.05, 0.1) is 5.57 Å². The molecule has 0 saturated heterocycles. The fourth-order valence-corrected chi connectivity index (χ4v) is 4.06. The van der Waals surface area contributed by atoms with Gasteiger partial charge in [-0.2, -0.15) is 0 Å². The van der Waals surface area contributed by atoms with Gasteiger partial charge in [-0.15, -0.1) is 0 Å². The number of nitrogens with zero attached hydrogens (tertiary/aromatic N) is 2. The van der Waals surface area contributed by atoms with Crippen molar-refractivity contribution in [2.24, 2.45) is 28.3 Å². The zero-order valence-corrected chi connectivity index (χ0v) is 17.5. The van der Waals surface area contributed by atoms with E-state index in [0.29, 0.717) is 16.9 Å². The molecule has 0 radical (unpaired) electrons. The first-order valence-corrected chi connectivity index (χ1v) is 10.7. The summed E-state index contributed by atoms with van der Waals surface area (Å²) in [6, 6.07) is 5.61. The molecule has 8 nitrogen and oxygen atoms in total. The number of aromatic nitrogens is 1. The Kier molecular flexibility index (Phi) is 7.67. The van der Waals surface area contributed by atoms with Crippen LogP contribution in [-0.2, 0) is 4.79 Å². The van der Waals surface area contributed by atoms with Crippen molar-refractivity contribution >= 4 is 35.7 Å². The second-order valence-electron chi connectivity index (χ2n) is 7.25. The number of aliphatic imine (C=N–C) groups is 1. The van der Waals surface area contributed by atoms with Crippen LogP contribution in [0.2, 0.25) is 0 Å². The minimum absolute atomic E-state index is 0.0824. The van der Waals surface area contributed by atoms with Crippen molar-refractivity contribution in [2.45, 2.75) is 30.7 Å². The molecule has 4 rings (SSSR count). The molecule has 1 saturated carbocycles.